The van der Waals surface area contributed by atoms with Crippen molar-refractivity contribution in [2.24, 2.45) is 5.16 Å². The lowest BCUT2D eigenvalue weighted by Gasteiger charge is -2.05. The van der Waals surface area contributed by atoms with Crippen LogP contribution in [0.1, 0.15) is 31.7 Å². The first-order chi connectivity index (χ1) is 8.27. The summed E-state index contributed by atoms with van der Waals surface area (Å²) in [6.07, 6.45) is 2.19. The highest BCUT2D eigenvalue weighted by Gasteiger charge is 2.13. The Morgan fingerprint density at radius 2 is 2.06 bits per heavy atom. The van der Waals surface area contributed by atoms with Crippen LogP contribution in [0.5, 0.6) is 0 Å². The van der Waals surface area contributed by atoms with Gasteiger partial charge in [-0.2, -0.15) is 0 Å². The van der Waals surface area contributed by atoms with Crippen molar-refractivity contribution in [1.82, 2.24) is 0 Å². The van der Waals surface area contributed by atoms with Crippen LogP contribution in [0.3, 0.4) is 0 Å². The van der Waals surface area contributed by atoms with E-state index in [1.54, 1.807) is 0 Å². The van der Waals surface area contributed by atoms with E-state index in [-0.39, 0.29) is 12.3 Å². The molecule has 0 aliphatic rings. The fourth-order valence-corrected chi connectivity index (χ4v) is 1.34. The van der Waals surface area contributed by atoms with E-state index in [0.717, 1.165) is 18.4 Å². The molecule has 0 bridgehead atoms. The molecule has 0 heterocycles. The molecule has 1 rings (SSSR count). The fourth-order valence-electron chi connectivity index (χ4n) is 1.34. The Morgan fingerprint density at radius 1 is 1.35 bits per heavy atom. The van der Waals surface area contributed by atoms with Crippen LogP contribution in [0.4, 0.5) is 0 Å². The van der Waals surface area contributed by atoms with E-state index < -0.39 is 5.97 Å². The first-order valence-corrected chi connectivity index (χ1v) is 5.70. The summed E-state index contributed by atoms with van der Waals surface area (Å²) in [4.78, 5) is 11.5. The molecule has 0 saturated heterocycles. The molecule has 1 N–H and O–H groups in total. The predicted octanol–water partition coefficient (Wildman–Crippen LogP) is 2.75. The lowest BCUT2D eigenvalue weighted by molar-refractivity contribution is -0.137. The Bertz CT molecular complexity index is 374. The van der Waals surface area contributed by atoms with E-state index in [2.05, 4.69) is 5.16 Å². The number of unbranched alkanes of at least 4 members (excludes halogenated alkanes) is 1. The summed E-state index contributed by atoms with van der Waals surface area (Å²) in [5, 5.41) is 11.7. The third kappa shape index (κ3) is 4.68. The molecule has 4 heteroatoms. The molecule has 0 spiro atoms. The Balaban J connectivity index is 2.43. The summed E-state index contributed by atoms with van der Waals surface area (Å²) in [6, 6.07) is 9.39. The lowest BCUT2D eigenvalue weighted by Crippen LogP contribution is -2.17. The summed E-state index contributed by atoms with van der Waals surface area (Å²) >= 11 is 0. The highest BCUT2D eigenvalue weighted by molar-refractivity contribution is 6.36. The van der Waals surface area contributed by atoms with E-state index in [1.807, 2.05) is 37.3 Å². The first-order valence-electron chi connectivity index (χ1n) is 5.70. The largest absolute Gasteiger partial charge is 0.456 e. The van der Waals surface area contributed by atoms with Crippen LogP contribution in [-0.4, -0.2) is 16.9 Å². The first kappa shape index (κ1) is 13.2. The van der Waals surface area contributed by atoms with Gasteiger partial charge < -0.3 is 9.94 Å². The molecule has 92 valence electrons. The number of carbonyl (C=O) groups is 1. The van der Waals surface area contributed by atoms with Gasteiger partial charge in [0.25, 0.3) is 0 Å². The third-order valence-corrected chi connectivity index (χ3v) is 2.34. The van der Waals surface area contributed by atoms with Gasteiger partial charge in [0.05, 0.1) is 0 Å². The SMILES string of the molecule is CCCC/C(=N\O)C(=O)OCc1ccccc1. The molecule has 0 radical (unpaired) electrons. The number of benzene rings is 1. The molecule has 0 saturated carbocycles. The van der Waals surface area contributed by atoms with Gasteiger partial charge >= 0.3 is 5.97 Å². The number of nitrogens with zero attached hydrogens (tertiary/aromatic N) is 1. The Labute approximate surface area is 101 Å². The Morgan fingerprint density at radius 3 is 2.65 bits per heavy atom. The highest BCUT2D eigenvalue weighted by atomic mass is 16.5. The highest BCUT2D eigenvalue weighted by Crippen LogP contribution is 2.04. The van der Waals surface area contributed by atoms with Crippen molar-refractivity contribution in [3.05, 3.63) is 35.9 Å². The van der Waals surface area contributed by atoms with Gasteiger partial charge in [-0.1, -0.05) is 48.8 Å². The molecular formula is C13H17NO3. The van der Waals surface area contributed by atoms with E-state index in [4.69, 9.17) is 9.94 Å². The maximum Gasteiger partial charge on any atom is 0.356 e. The summed E-state index contributed by atoms with van der Waals surface area (Å²) in [6.45, 7) is 2.20. The minimum absolute atomic E-state index is 0.0859. The van der Waals surface area contributed by atoms with Crippen LogP contribution in [-0.2, 0) is 16.1 Å². The molecule has 17 heavy (non-hydrogen) atoms. The zero-order valence-corrected chi connectivity index (χ0v) is 9.93. The van der Waals surface area contributed by atoms with Gasteiger partial charge in [0.15, 0.2) is 5.71 Å². The van der Waals surface area contributed by atoms with Gasteiger partial charge in [0.2, 0.25) is 0 Å². The number of oxime groups is 1. The van der Waals surface area contributed by atoms with Crippen molar-refractivity contribution in [2.75, 3.05) is 0 Å². The summed E-state index contributed by atoms with van der Waals surface area (Å²) in [5.41, 5.74) is 0.997. The maximum absolute atomic E-state index is 11.5. The van der Waals surface area contributed by atoms with E-state index in [0.29, 0.717) is 6.42 Å². The predicted molar refractivity (Wildman–Crippen MR) is 65.0 cm³/mol. The maximum atomic E-state index is 11.5. The zero-order chi connectivity index (χ0) is 12.5. The quantitative estimate of drug-likeness (QED) is 0.357. The standard InChI is InChI=1S/C13H17NO3/c1-2-3-9-12(14-16)13(15)17-10-11-7-5-4-6-8-11/h4-8,16H,2-3,9-10H2,1H3/b14-12+. The van der Waals surface area contributed by atoms with Crippen LogP contribution in [0.15, 0.2) is 35.5 Å². The van der Waals surface area contributed by atoms with Gasteiger partial charge in [-0.05, 0) is 12.0 Å². The van der Waals surface area contributed by atoms with Crippen molar-refractivity contribution in [3.63, 3.8) is 0 Å². The Hall–Kier alpha value is -1.84. The molecule has 0 amide bonds. The number of carbonyl (C=O) groups excluding carboxylic acids is 1. The van der Waals surface area contributed by atoms with Crippen LogP contribution >= 0.6 is 0 Å². The van der Waals surface area contributed by atoms with Gasteiger partial charge in [0, 0.05) is 6.42 Å². The second-order valence-corrected chi connectivity index (χ2v) is 3.71. The summed E-state index contributed by atoms with van der Waals surface area (Å²) in [7, 11) is 0. The van der Waals surface area contributed by atoms with E-state index in [1.165, 1.54) is 0 Å². The molecular weight excluding hydrogens is 218 g/mol. The molecule has 0 aliphatic carbocycles. The molecule has 0 fully saturated rings. The van der Waals surface area contributed by atoms with Gasteiger partial charge in [0.1, 0.15) is 6.61 Å². The van der Waals surface area contributed by atoms with Crippen molar-refractivity contribution >= 4 is 11.7 Å². The minimum Gasteiger partial charge on any atom is -0.456 e. The van der Waals surface area contributed by atoms with Crippen molar-refractivity contribution in [1.29, 1.82) is 0 Å². The van der Waals surface area contributed by atoms with Gasteiger partial charge in [-0.25, -0.2) is 4.79 Å². The molecule has 1 aromatic carbocycles. The average molecular weight is 235 g/mol. The second kappa shape index (κ2) is 7.44. The molecule has 0 atom stereocenters. The monoisotopic (exact) mass is 235 g/mol. The second-order valence-electron chi connectivity index (χ2n) is 3.71. The van der Waals surface area contributed by atoms with Gasteiger partial charge in [-0.15, -0.1) is 0 Å². The summed E-state index contributed by atoms with van der Waals surface area (Å²) < 4.78 is 5.05. The van der Waals surface area contributed by atoms with Crippen LogP contribution in [0.2, 0.25) is 0 Å². The molecule has 1 aromatic rings. The number of hydrogen-bond donors (Lipinski definition) is 1. The van der Waals surface area contributed by atoms with Crippen LogP contribution in [0.25, 0.3) is 0 Å². The van der Waals surface area contributed by atoms with Crippen molar-refractivity contribution in [3.8, 4) is 0 Å². The number of hydrogen-bond acceptors (Lipinski definition) is 4. The van der Waals surface area contributed by atoms with Gasteiger partial charge in [-0.3, -0.25) is 0 Å². The normalized spacial score (nSPS) is 11.2. The smallest absolute Gasteiger partial charge is 0.356 e. The zero-order valence-electron chi connectivity index (χ0n) is 9.93. The van der Waals surface area contributed by atoms with Crippen LogP contribution in [0, 0.1) is 0 Å². The molecule has 0 aromatic heterocycles. The average Bonchev–Trinajstić information content (AvgIpc) is 2.38. The molecule has 0 aliphatic heterocycles. The van der Waals surface area contributed by atoms with E-state index >= 15 is 0 Å². The van der Waals surface area contributed by atoms with E-state index in [9.17, 15) is 4.79 Å². The minimum atomic E-state index is -0.551. The number of ether oxygens (including phenoxy) is 1. The van der Waals surface area contributed by atoms with Crippen molar-refractivity contribution in [2.45, 2.75) is 32.8 Å². The lowest BCUT2D eigenvalue weighted by atomic mass is 10.2. The van der Waals surface area contributed by atoms with Crippen LogP contribution < -0.4 is 0 Å². The van der Waals surface area contributed by atoms with Crippen molar-refractivity contribution < 1.29 is 14.7 Å². The topological polar surface area (TPSA) is 58.9 Å². The molecule has 0 unspecified atom stereocenters. The summed E-state index contributed by atoms with van der Waals surface area (Å²) in [5.74, 6) is -0.551. The fraction of sp³-hybridized carbons (Fsp3) is 0.385. The number of esters is 1. The molecule has 4 nitrogen and oxygen atoms in total. The number of rotatable bonds is 6. The third-order valence-electron chi connectivity index (χ3n) is 2.34. The Kier molecular flexibility index (Phi) is 5.79.